The molecule has 0 saturated heterocycles. The first-order chi connectivity index (χ1) is 11.1. The lowest BCUT2D eigenvalue weighted by molar-refractivity contribution is -0.120. The Labute approximate surface area is 142 Å². The number of thioether (sulfide) groups is 1. The molecule has 23 heavy (non-hydrogen) atoms. The minimum atomic E-state index is -0.183. The monoisotopic (exact) mass is 347 g/mol. The van der Waals surface area contributed by atoms with Crippen LogP contribution in [0.15, 0.2) is 34.9 Å². The van der Waals surface area contributed by atoms with Gasteiger partial charge in [0.25, 0.3) is 0 Å². The van der Waals surface area contributed by atoms with E-state index in [1.165, 1.54) is 11.8 Å². The fourth-order valence-electron chi connectivity index (χ4n) is 2.08. The maximum atomic E-state index is 12.2. The number of thiazole rings is 1. The molecule has 0 unspecified atom stereocenters. The van der Waals surface area contributed by atoms with Crippen molar-refractivity contribution in [2.45, 2.75) is 30.0 Å². The molecule has 1 atom stereocenters. The summed E-state index contributed by atoms with van der Waals surface area (Å²) >= 11 is 3.11. The Morgan fingerprint density at radius 2 is 2.26 bits per heavy atom. The highest BCUT2D eigenvalue weighted by Crippen LogP contribution is 2.31. The van der Waals surface area contributed by atoms with E-state index in [1.807, 2.05) is 42.7 Å². The molecule has 2 heterocycles. The van der Waals surface area contributed by atoms with Crippen molar-refractivity contribution in [2.75, 3.05) is 6.54 Å². The van der Waals surface area contributed by atoms with Crippen LogP contribution in [0.3, 0.4) is 0 Å². The largest absolute Gasteiger partial charge is 0.353 e. The molecule has 0 spiro atoms. The van der Waals surface area contributed by atoms with E-state index in [2.05, 4.69) is 20.5 Å². The van der Waals surface area contributed by atoms with E-state index in [0.717, 1.165) is 20.4 Å². The third kappa shape index (κ3) is 3.89. The van der Waals surface area contributed by atoms with Crippen LogP contribution in [-0.2, 0) is 11.3 Å². The summed E-state index contributed by atoms with van der Waals surface area (Å²) < 4.78 is 3.97. The molecule has 8 heteroatoms. The molecule has 3 rings (SSSR count). The number of benzene rings is 1. The average Bonchev–Trinajstić information content (AvgIpc) is 3.12. The number of para-hydroxylation sites is 1. The van der Waals surface area contributed by atoms with Gasteiger partial charge in [0, 0.05) is 13.1 Å². The van der Waals surface area contributed by atoms with Crippen LogP contribution >= 0.6 is 23.1 Å². The first-order valence-electron chi connectivity index (χ1n) is 7.28. The topological polar surface area (TPSA) is 72.7 Å². The SMILES string of the molecule is Cc1nncn1CCNC(=O)[C@H](C)Sc1nc2ccccc2s1. The molecule has 1 aromatic carbocycles. The highest BCUT2D eigenvalue weighted by atomic mass is 32.2. The second-order valence-corrected chi connectivity index (χ2v) is 7.69. The van der Waals surface area contributed by atoms with Crippen LogP contribution in [-0.4, -0.2) is 37.5 Å². The molecule has 0 saturated carbocycles. The molecular formula is C15H17N5OS2. The van der Waals surface area contributed by atoms with Gasteiger partial charge in [0.1, 0.15) is 12.2 Å². The third-order valence-corrected chi connectivity index (χ3v) is 5.61. The Morgan fingerprint density at radius 3 is 3.00 bits per heavy atom. The fourth-order valence-corrected chi connectivity index (χ4v) is 4.32. The van der Waals surface area contributed by atoms with E-state index >= 15 is 0 Å². The van der Waals surface area contributed by atoms with Crippen molar-refractivity contribution in [1.82, 2.24) is 25.1 Å². The average molecular weight is 347 g/mol. The van der Waals surface area contributed by atoms with Crippen molar-refractivity contribution in [1.29, 1.82) is 0 Å². The van der Waals surface area contributed by atoms with Crippen LogP contribution in [0, 0.1) is 6.92 Å². The Kier molecular flexibility index (Phi) is 4.92. The van der Waals surface area contributed by atoms with Gasteiger partial charge in [-0.2, -0.15) is 0 Å². The maximum absolute atomic E-state index is 12.2. The Bertz CT molecular complexity index is 780. The van der Waals surface area contributed by atoms with E-state index < -0.39 is 0 Å². The Balaban J connectivity index is 1.52. The number of hydrogen-bond donors (Lipinski definition) is 1. The van der Waals surface area contributed by atoms with Gasteiger partial charge in [-0.3, -0.25) is 4.79 Å². The van der Waals surface area contributed by atoms with Gasteiger partial charge in [-0.05, 0) is 26.0 Å². The van der Waals surface area contributed by atoms with Crippen molar-refractivity contribution >= 4 is 39.2 Å². The van der Waals surface area contributed by atoms with Crippen LogP contribution in [0.5, 0.6) is 0 Å². The third-order valence-electron chi connectivity index (χ3n) is 3.38. The summed E-state index contributed by atoms with van der Waals surface area (Å²) in [6.45, 7) is 5.02. The molecule has 0 fully saturated rings. The lowest BCUT2D eigenvalue weighted by Crippen LogP contribution is -2.33. The number of amides is 1. The van der Waals surface area contributed by atoms with Crippen LogP contribution < -0.4 is 5.32 Å². The number of fused-ring (bicyclic) bond motifs is 1. The van der Waals surface area contributed by atoms with Crippen LogP contribution in [0.4, 0.5) is 0 Å². The summed E-state index contributed by atoms with van der Waals surface area (Å²) in [5, 5.41) is 10.5. The highest BCUT2D eigenvalue weighted by molar-refractivity contribution is 8.02. The van der Waals surface area contributed by atoms with E-state index in [4.69, 9.17) is 0 Å². The zero-order valence-electron chi connectivity index (χ0n) is 12.9. The molecule has 2 aromatic heterocycles. The Hall–Kier alpha value is -1.93. The van der Waals surface area contributed by atoms with Gasteiger partial charge in [-0.15, -0.1) is 21.5 Å². The predicted molar refractivity (Wildman–Crippen MR) is 92.7 cm³/mol. The lowest BCUT2D eigenvalue weighted by Gasteiger charge is -2.11. The summed E-state index contributed by atoms with van der Waals surface area (Å²) in [4.78, 5) is 16.7. The second-order valence-electron chi connectivity index (χ2n) is 5.07. The number of rotatable bonds is 6. The molecule has 1 N–H and O–H groups in total. The number of hydrogen-bond acceptors (Lipinski definition) is 6. The first kappa shape index (κ1) is 15.9. The van der Waals surface area contributed by atoms with Gasteiger partial charge in [-0.1, -0.05) is 23.9 Å². The quantitative estimate of drug-likeness (QED) is 0.694. The second kappa shape index (κ2) is 7.10. The number of carbonyl (C=O) groups is 1. The number of nitrogens with one attached hydrogen (secondary N) is 1. The molecule has 0 aliphatic heterocycles. The van der Waals surface area contributed by atoms with Crippen molar-refractivity contribution in [2.24, 2.45) is 0 Å². The van der Waals surface area contributed by atoms with Gasteiger partial charge in [0.05, 0.1) is 15.5 Å². The molecule has 0 radical (unpaired) electrons. The minimum Gasteiger partial charge on any atom is -0.353 e. The number of aromatic nitrogens is 4. The van der Waals surface area contributed by atoms with Crippen LogP contribution in [0.1, 0.15) is 12.7 Å². The molecule has 6 nitrogen and oxygen atoms in total. The molecule has 0 aliphatic rings. The predicted octanol–water partition coefficient (Wildman–Crippen LogP) is 2.49. The summed E-state index contributed by atoms with van der Waals surface area (Å²) in [7, 11) is 0. The van der Waals surface area contributed by atoms with Gasteiger partial charge in [0.15, 0.2) is 4.34 Å². The zero-order chi connectivity index (χ0) is 16.2. The summed E-state index contributed by atoms with van der Waals surface area (Å²) in [6, 6.07) is 8.00. The van der Waals surface area contributed by atoms with Gasteiger partial charge < -0.3 is 9.88 Å². The summed E-state index contributed by atoms with van der Waals surface area (Å²) in [6.07, 6.45) is 1.67. The molecule has 0 bridgehead atoms. The van der Waals surface area contributed by atoms with Crippen molar-refractivity contribution < 1.29 is 4.79 Å². The van der Waals surface area contributed by atoms with Crippen molar-refractivity contribution in [3.05, 3.63) is 36.4 Å². The standard InChI is InChI=1S/C15H17N5OS2/c1-10(14(21)16-7-8-20-9-17-19-11(20)2)22-15-18-12-5-3-4-6-13(12)23-15/h3-6,9-10H,7-8H2,1-2H3,(H,16,21)/t10-/m0/s1. The number of carbonyl (C=O) groups excluding carboxylic acids is 1. The number of aryl methyl sites for hydroxylation is 1. The summed E-state index contributed by atoms with van der Waals surface area (Å²) in [5.41, 5.74) is 0.982. The van der Waals surface area contributed by atoms with E-state index in [-0.39, 0.29) is 11.2 Å². The molecule has 120 valence electrons. The smallest absolute Gasteiger partial charge is 0.233 e. The van der Waals surface area contributed by atoms with Gasteiger partial charge >= 0.3 is 0 Å². The van der Waals surface area contributed by atoms with Crippen molar-refractivity contribution in [3.8, 4) is 0 Å². The lowest BCUT2D eigenvalue weighted by atomic mass is 10.3. The fraction of sp³-hybridized carbons (Fsp3) is 0.333. The van der Waals surface area contributed by atoms with Crippen LogP contribution in [0.2, 0.25) is 0 Å². The Morgan fingerprint density at radius 1 is 1.43 bits per heavy atom. The van der Waals surface area contributed by atoms with Gasteiger partial charge in [0.2, 0.25) is 5.91 Å². The normalized spacial score (nSPS) is 12.4. The van der Waals surface area contributed by atoms with Crippen LogP contribution in [0.25, 0.3) is 10.2 Å². The molecule has 3 aromatic rings. The van der Waals surface area contributed by atoms with E-state index in [1.54, 1.807) is 17.7 Å². The molecule has 1 amide bonds. The van der Waals surface area contributed by atoms with Gasteiger partial charge in [-0.25, -0.2) is 4.98 Å². The zero-order valence-corrected chi connectivity index (χ0v) is 14.5. The van der Waals surface area contributed by atoms with Crippen molar-refractivity contribution in [3.63, 3.8) is 0 Å². The first-order valence-corrected chi connectivity index (χ1v) is 8.97. The maximum Gasteiger partial charge on any atom is 0.233 e. The summed E-state index contributed by atoms with van der Waals surface area (Å²) in [5.74, 6) is 0.858. The number of nitrogens with zero attached hydrogens (tertiary/aromatic N) is 4. The highest BCUT2D eigenvalue weighted by Gasteiger charge is 2.16. The molecule has 0 aliphatic carbocycles. The van der Waals surface area contributed by atoms with E-state index in [9.17, 15) is 4.79 Å². The minimum absolute atomic E-state index is 0.0139. The van der Waals surface area contributed by atoms with E-state index in [0.29, 0.717) is 13.1 Å². The molecular weight excluding hydrogens is 330 g/mol.